The maximum absolute atomic E-state index is 12.2. The summed E-state index contributed by atoms with van der Waals surface area (Å²) in [6, 6.07) is 5.05. The average molecular weight is 362 g/mol. The lowest BCUT2D eigenvalue weighted by Gasteiger charge is -2.11. The molecule has 0 saturated heterocycles. The molecule has 0 saturated carbocycles. The molecule has 0 bridgehead atoms. The van der Waals surface area contributed by atoms with Gasteiger partial charge in [0.05, 0.1) is 4.92 Å². The van der Waals surface area contributed by atoms with Crippen molar-refractivity contribution in [3.05, 3.63) is 66.3 Å². The molecule has 0 atom stereocenters. The van der Waals surface area contributed by atoms with Gasteiger partial charge in [0.15, 0.2) is 6.61 Å². The van der Waals surface area contributed by atoms with E-state index >= 15 is 0 Å². The van der Waals surface area contributed by atoms with E-state index in [9.17, 15) is 29.3 Å². The number of nitro groups is 1. The summed E-state index contributed by atoms with van der Waals surface area (Å²) in [5, 5.41) is 10.9. The van der Waals surface area contributed by atoms with Gasteiger partial charge in [0, 0.05) is 20.2 Å². The largest absolute Gasteiger partial charge is 0.453 e. The van der Waals surface area contributed by atoms with Crippen molar-refractivity contribution in [2.45, 2.75) is 0 Å². The number of esters is 1. The van der Waals surface area contributed by atoms with Gasteiger partial charge in [0.1, 0.15) is 16.9 Å². The minimum atomic E-state index is -1.11. The molecule has 11 heteroatoms. The first-order chi connectivity index (χ1) is 12.2. The molecule has 0 unspecified atom stereocenters. The molecule has 0 aliphatic heterocycles. The van der Waals surface area contributed by atoms with E-state index in [1.165, 1.54) is 32.3 Å². The second kappa shape index (κ2) is 7.01. The van der Waals surface area contributed by atoms with Crippen LogP contribution >= 0.6 is 0 Å². The zero-order valence-corrected chi connectivity index (χ0v) is 13.8. The van der Waals surface area contributed by atoms with E-state index in [4.69, 9.17) is 10.5 Å². The van der Waals surface area contributed by atoms with E-state index in [-0.39, 0.29) is 11.4 Å². The molecule has 0 radical (unpaired) electrons. The van der Waals surface area contributed by atoms with E-state index in [0.29, 0.717) is 4.57 Å². The third kappa shape index (κ3) is 3.22. The molecule has 26 heavy (non-hydrogen) atoms. The molecule has 0 aliphatic carbocycles. The van der Waals surface area contributed by atoms with Crippen LogP contribution in [0.5, 0.6) is 0 Å². The maximum Gasteiger partial charge on any atom is 0.345 e. The number of hydrogen-bond acceptors (Lipinski definition) is 8. The number of hydrogen-bond donors (Lipinski definition) is 1. The van der Waals surface area contributed by atoms with Gasteiger partial charge in [0.2, 0.25) is 5.78 Å². The normalized spacial score (nSPS) is 10.4. The Morgan fingerprint density at radius 1 is 1.19 bits per heavy atom. The smallest absolute Gasteiger partial charge is 0.345 e. The number of benzene rings is 1. The van der Waals surface area contributed by atoms with Gasteiger partial charge in [0.25, 0.3) is 11.2 Å². The summed E-state index contributed by atoms with van der Waals surface area (Å²) in [7, 11) is 2.44. The van der Waals surface area contributed by atoms with Crippen molar-refractivity contribution in [2.75, 3.05) is 12.3 Å². The number of carbonyl (C=O) groups is 2. The van der Waals surface area contributed by atoms with E-state index in [1.807, 2.05) is 0 Å². The molecule has 0 spiro atoms. The first kappa shape index (κ1) is 18.6. The van der Waals surface area contributed by atoms with Crippen LogP contribution in [0.4, 0.5) is 11.5 Å². The lowest BCUT2D eigenvalue weighted by Crippen LogP contribution is -2.42. The number of anilines is 1. The van der Waals surface area contributed by atoms with Gasteiger partial charge in [-0.05, 0) is 6.07 Å². The topological polar surface area (TPSA) is 157 Å². The average Bonchev–Trinajstić information content (AvgIpc) is 2.62. The van der Waals surface area contributed by atoms with Crippen LogP contribution in [0.25, 0.3) is 0 Å². The fourth-order valence-electron chi connectivity index (χ4n) is 2.21. The van der Waals surface area contributed by atoms with Crippen molar-refractivity contribution in [2.24, 2.45) is 14.1 Å². The molecular formula is C15H14N4O7. The Hall–Kier alpha value is -3.76. The number of ketones is 1. The quantitative estimate of drug-likeness (QED) is 0.326. The van der Waals surface area contributed by atoms with Crippen LogP contribution < -0.4 is 17.0 Å². The summed E-state index contributed by atoms with van der Waals surface area (Å²) < 4.78 is 6.36. The van der Waals surface area contributed by atoms with E-state index in [0.717, 1.165) is 10.6 Å². The highest BCUT2D eigenvalue weighted by atomic mass is 16.6. The molecule has 11 nitrogen and oxygen atoms in total. The molecule has 1 aromatic carbocycles. The predicted molar refractivity (Wildman–Crippen MR) is 89.0 cm³/mol. The second-order valence-electron chi connectivity index (χ2n) is 5.24. The molecule has 0 amide bonds. The number of Topliss-reactive ketones (excluding diaryl/α,β-unsaturated/α-hetero) is 1. The van der Waals surface area contributed by atoms with Crippen molar-refractivity contribution in [1.29, 1.82) is 0 Å². The highest BCUT2D eigenvalue weighted by Gasteiger charge is 2.24. The number of para-hydroxylation sites is 1. The molecule has 2 rings (SSSR count). The standard InChI is InChI=1S/C15H14N4O7/c1-17-12(16)11(13(21)18(2)15(17)23)10(20)7-26-14(22)8-5-3-4-6-9(8)19(24)25/h3-6H,7,16H2,1-2H3. The highest BCUT2D eigenvalue weighted by Crippen LogP contribution is 2.18. The van der Waals surface area contributed by atoms with Crippen molar-refractivity contribution < 1.29 is 19.2 Å². The number of aromatic nitrogens is 2. The SMILES string of the molecule is Cn1c(N)c(C(=O)COC(=O)c2ccccc2[N+](=O)[O-])c(=O)n(C)c1=O. The minimum Gasteiger partial charge on any atom is -0.453 e. The molecule has 136 valence electrons. The Morgan fingerprint density at radius 3 is 2.42 bits per heavy atom. The predicted octanol–water partition coefficient (Wildman–Crippen LogP) is -0.386. The first-order valence-corrected chi connectivity index (χ1v) is 7.16. The van der Waals surface area contributed by atoms with E-state index in [2.05, 4.69) is 0 Å². The van der Waals surface area contributed by atoms with Crippen molar-refractivity contribution in [1.82, 2.24) is 9.13 Å². The Morgan fingerprint density at radius 2 is 1.81 bits per heavy atom. The lowest BCUT2D eigenvalue weighted by molar-refractivity contribution is -0.385. The number of nitrogen functional groups attached to an aromatic ring is 1. The Bertz CT molecular complexity index is 1040. The zero-order valence-electron chi connectivity index (χ0n) is 13.8. The summed E-state index contributed by atoms with van der Waals surface area (Å²) >= 11 is 0. The summed E-state index contributed by atoms with van der Waals surface area (Å²) in [6.45, 7) is -0.872. The molecule has 2 aromatic rings. The third-order valence-corrected chi connectivity index (χ3v) is 3.64. The summed E-state index contributed by atoms with van der Waals surface area (Å²) in [4.78, 5) is 58.2. The Kier molecular flexibility index (Phi) is 5.01. The number of carbonyl (C=O) groups excluding carboxylic acids is 2. The highest BCUT2D eigenvalue weighted by molar-refractivity contribution is 6.02. The van der Waals surface area contributed by atoms with Gasteiger partial charge in [-0.25, -0.2) is 9.59 Å². The lowest BCUT2D eigenvalue weighted by atomic mass is 10.2. The number of ether oxygens (including phenoxy) is 1. The van der Waals surface area contributed by atoms with Gasteiger partial charge in [-0.1, -0.05) is 12.1 Å². The van der Waals surface area contributed by atoms with Gasteiger partial charge in [-0.15, -0.1) is 0 Å². The second-order valence-corrected chi connectivity index (χ2v) is 5.24. The van der Waals surface area contributed by atoms with Crippen LogP contribution in [0.3, 0.4) is 0 Å². The third-order valence-electron chi connectivity index (χ3n) is 3.64. The van der Waals surface area contributed by atoms with E-state index in [1.54, 1.807) is 0 Å². The van der Waals surface area contributed by atoms with Crippen molar-refractivity contribution in [3.8, 4) is 0 Å². The fraction of sp³-hybridized carbons (Fsp3) is 0.200. The minimum absolute atomic E-state index is 0.341. The number of nitro benzene ring substituents is 1. The summed E-state index contributed by atoms with van der Waals surface area (Å²) in [5.41, 5.74) is 2.65. The molecular weight excluding hydrogens is 348 g/mol. The monoisotopic (exact) mass is 362 g/mol. The van der Waals surface area contributed by atoms with Crippen molar-refractivity contribution in [3.63, 3.8) is 0 Å². The summed E-state index contributed by atoms with van der Waals surface area (Å²) in [5.74, 6) is -2.42. The number of nitrogens with zero attached hydrogens (tertiary/aromatic N) is 3. The van der Waals surface area contributed by atoms with Gasteiger partial charge in [-0.2, -0.15) is 0 Å². The van der Waals surface area contributed by atoms with Gasteiger partial charge < -0.3 is 10.5 Å². The molecule has 0 aliphatic rings. The van der Waals surface area contributed by atoms with Gasteiger partial charge >= 0.3 is 11.7 Å². The molecule has 2 N–H and O–H groups in total. The molecule has 0 fully saturated rings. The first-order valence-electron chi connectivity index (χ1n) is 7.16. The molecule has 1 aromatic heterocycles. The van der Waals surface area contributed by atoms with Crippen LogP contribution in [-0.4, -0.2) is 32.4 Å². The van der Waals surface area contributed by atoms with Crippen LogP contribution in [-0.2, 0) is 18.8 Å². The summed E-state index contributed by atoms with van der Waals surface area (Å²) in [6.07, 6.45) is 0. The van der Waals surface area contributed by atoms with Crippen LogP contribution in [0.2, 0.25) is 0 Å². The van der Waals surface area contributed by atoms with Crippen molar-refractivity contribution >= 4 is 23.3 Å². The Labute approximate surface area is 145 Å². The van der Waals surface area contributed by atoms with E-state index < -0.39 is 45.8 Å². The van der Waals surface area contributed by atoms with Crippen LogP contribution in [0, 0.1) is 10.1 Å². The van der Waals surface area contributed by atoms with Gasteiger partial charge in [-0.3, -0.25) is 28.8 Å². The number of nitrogens with two attached hydrogens (primary N) is 1. The zero-order chi connectivity index (χ0) is 19.6. The number of rotatable bonds is 5. The Balaban J connectivity index is 2.29. The van der Waals surface area contributed by atoms with Crippen LogP contribution in [0.15, 0.2) is 33.9 Å². The fourth-order valence-corrected chi connectivity index (χ4v) is 2.21. The maximum atomic E-state index is 12.2. The molecule has 1 heterocycles. The van der Waals surface area contributed by atoms with Crippen LogP contribution in [0.1, 0.15) is 20.7 Å².